The van der Waals surface area contributed by atoms with E-state index >= 15 is 0 Å². The number of amides is 2. The van der Waals surface area contributed by atoms with Gasteiger partial charge in [-0.1, -0.05) is 12.8 Å². The third-order valence-corrected chi connectivity index (χ3v) is 4.61. The third-order valence-electron chi connectivity index (χ3n) is 4.61. The monoisotopic (exact) mass is 346 g/mol. The van der Waals surface area contributed by atoms with E-state index in [1.807, 2.05) is 6.92 Å². The Morgan fingerprint density at radius 1 is 1.36 bits per heavy atom. The second-order valence-electron chi connectivity index (χ2n) is 6.78. The molecule has 1 aromatic carbocycles. The largest absolute Gasteiger partial charge is 0.388 e. The minimum absolute atomic E-state index is 0.302. The van der Waals surface area contributed by atoms with Gasteiger partial charge in [-0.2, -0.15) is 0 Å². The molecule has 7 heteroatoms. The highest BCUT2D eigenvalue weighted by atomic mass is 19.1. The predicted molar refractivity (Wildman–Crippen MR) is 93.3 cm³/mol. The van der Waals surface area contributed by atoms with E-state index in [2.05, 4.69) is 10.4 Å². The Balaban J connectivity index is 1.67. The number of carbonyl (C=O) groups is 1. The lowest BCUT2D eigenvalue weighted by Crippen LogP contribution is -2.43. The molecule has 0 aliphatic heterocycles. The van der Waals surface area contributed by atoms with Gasteiger partial charge in [-0.25, -0.2) is 13.9 Å². The summed E-state index contributed by atoms with van der Waals surface area (Å²) in [6, 6.07) is 7.42. The highest BCUT2D eigenvalue weighted by molar-refractivity contribution is 5.88. The highest BCUT2D eigenvalue weighted by Gasteiger charge is 2.33. The number of carbonyl (C=O) groups excluding carboxylic acids is 1. The van der Waals surface area contributed by atoms with Crippen molar-refractivity contribution in [3.63, 3.8) is 0 Å². The van der Waals surface area contributed by atoms with E-state index in [0.717, 1.165) is 31.4 Å². The van der Waals surface area contributed by atoms with E-state index in [1.165, 1.54) is 17.0 Å². The Labute approximate surface area is 146 Å². The first kappa shape index (κ1) is 17.4. The van der Waals surface area contributed by atoms with Crippen LogP contribution in [0.5, 0.6) is 0 Å². The summed E-state index contributed by atoms with van der Waals surface area (Å²) >= 11 is 0. The molecule has 25 heavy (non-hydrogen) atoms. The Morgan fingerprint density at radius 3 is 2.64 bits per heavy atom. The maximum absolute atomic E-state index is 13.1. The number of rotatable bonds is 4. The summed E-state index contributed by atoms with van der Waals surface area (Å²) in [4.78, 5) is 13.8. The number of nitrogens with zero attached hydrogens (tertiary/aromatic N) is 3. The first-order valence-corrected chi connectivity index (χ1v) is 8.43. The second kappa shape index (κ2) is 6.84. The summed E-state index contributed by atoms with van der Waals surface area (Å²) in [6.45, 7) is 2.16. The zero-order chi connectivity index (χ0) is 18.0. The van der Waals surface area contributed by atoms with Gasteiger partial charge in [-0.15, -0.1) is 5.10 Å². The molecule has 0 bridgehead atoms. The second-order valence-corrected chi connectivity index (χ2v) is 6.78. The van der Waals surface area contributed by atoms with E-state index < -0.39 is 5.60 Å². The molecular formula is C18H23FN4O2. The molecular weight excluding hydrogens is 323 g/mol. The topological polar surface area (TPSA) is 70.4 Å². The SMILES string of the molecule is Cc1cc(NC(=O)N(C)CC2(O)CCCC2)nn1-c1ccc(F)cc1. The van der Waals surface area contributed by atoms with Crippen molar-refractivity contribution in [1.82, 2.24) is 14.7 Å². The standard InChI is InChI=1S/C18H23FN4O2/c1-13-11-16(21-23(13)15-7-5-14(19)6-8-15)20-17(24)22(2)12-18(25)9-3-4-10-18/h5-8,11,25H,3-4,9-10,12H2,1-2H3,(H,20,21,24). The molecule has 1 aromatic heterocycles. The molecule has 0 unspecified atom stereocenters. The van der Waals surface area contributed by atoms with Crippen LogP contribution in [0, 0.1) is 12.7 Å². The fourth-order valence-corrected chi connectivity index (χ4v) is 3.29. The minimum atomic E-state index is -0.782. The summed E-state index contributed by atoms with van der Waals surface area (Å²) < 4.78 is 14.7. The molecule has 0 radical (unpaired) electrons. The molecule has 1 aliphatic rings. The molecule has 1 fully saturated rings. The number of aliphatic hydroxyl groups is 1. The van der Waals surface area contributed by atoms with Crippen molar-refractivity contribution in [2.45, 2.75) is 38.2 Å². The van der Waals surface area contributed by atoms with Crippen LogP contribution in [0.1, 0.15) is 31.4 Å². The van der Waals surface area contributed by atoms with Crippen molar-refractivity contribution < 1.29 is 14.3 Å². The number of likely N-dealkylation sites (N-methyl/N-ethyl adjacent to an activating group) is 1. The Morgan fingerprint density at radius 2 is 2.00 bits per heavy atom. The number of nitrogens with one attached hydrogen (secondary N) is 1. The summed E-state index contributed by atoms with van der Waals surface area (Å²) in [6.07, 6.45) is 3.44. The maximum atomic E-state index is 13.1. The van der Waals surface area contributed by atoms with Gasteiger partial charge in [0, 0.05) is 18.8 Å². The number of hydrogen-bond acceptors (Lipinski definition) is 3. The van der Waals surface area contributed by atoms with Crippen LogP contribution in [0.15, 0.2) is 30.3 Å². The van der Waals surface area contributed by atoms with Crippen molar-refractivity contribution in [1.29, 1.82) is 0 Å². The maximum Gasteiger partial charge on any atom is 0.322 e. The Kier molecular flexibility index (Phi) is 4.76. The van der Waals surface area contributed by atoms with Crippen LogP contribution < -0.4 is 5.32 Å². The van der Waals surface area contributed by atoms with Gasteiger partial charge in [-0.3, -0.25) is 5.32 Å². The molecule has 1 aliphatic carbocycles. The van der Waals surface area contributed by atoms with Gasteiger partial charge < -0.3 is 10.0 Å². The summed E-state index contributed by atoms with van der Waals surface area (Å²) in [5, 5.41) is 17.5. The molecule has 134 valence electrons. The lowest BCUT2D eigenvalue weighted by atomic mass is 10.0. The average Bonchev–Trinajstić information content (AvgIpc) is 3.14. The fraction of sp³-hybridized carbons (Fsp3) is 0.444. The lowest BCUT2D eigenvalue weighted by molar-refractivity contribution is 0.0261. The van der Waals surface area contributed by atoms with Crippen molar-refractivity contribution >= 4 is 11.8 Å². The molecule has 6 nitrogen and oxygen atoms in total. The predicted octanol–water partition coefficient (Wildman–Crippen LogP) is 3.09. The van der Waals surface area contributed by atoms with Gasteiger partial charge in [0.1, 0.15) is 5.82 Å². The molecule has 2 N–H and O–H groups in total. The van der Waals surface area contributed by atoms with E-state index in [4.69, 9.17) is 0 Å². The summed E-state index contributed by atoms with van der Waals surface area (Å²) in [5.41, 5.74) is 0.752. The zero-order valence-electron chi connectivity index (χ0n) is 14.5. The molecule has 0 saturated heterocycles. The number of urea groups is 1. The summed E-state index contributed by atoms with van der Waals surface area (Å²) in [7, 11) is 1.66. The van der Waals surface area contributed by atoms with Gasteiger partial charge in [-0.05, 0) is 44.0 Å². The molecule has 0 atom stereocenters. The van der Waals surface area contributed by atoms with Crippen molar-refractivity contribution in [2.75, 3.05) is 18.9 Å². The molecule has 1 heterocycles. The van der Waals surface area contributed by atoms with Crippen LogP contribution in [-0.4, -0.2) is 45.0 Å². The number of hydrogen-bond donors (Lipinski definition) is 2. The number of anilines is 1. The van der Waals surface area contributed by atoms with Gasteiger partial charge in [0.15, 0.2) is 5.82 Å². The van der Waals surface area contributed by atoms with Crippen molar-refractivity contribution in [3.8, 4) is 5.69 Å². The van der Waals surface area contributed by atoms with Crippen LogP contribution in [0.3, 0.4) is 0 Å². The molecule has 3 rings (SSSR count). The van der Waals surface area contributed by atoms with Gasteiger partial charge in [0.05, 0.1) is 17.8 Å². The zero-order valence-corrected chi connectivity index (χ0v) is 14.5. The van der Waals surface area contributed by atoms with Crippen molar-refractivity contribution in [2.24, 2.45) is 0 Å². The number of aryl methyl sites for hydroxylation is 1. The lowest BCUT2D eigenvalue weighted by Gasteiger charge is -2.28. The van der Waals surface area contributed by atoms with Crippen LogP contribution in [-0.2, 0) is 0 Å². The van der Waals surface area contributed by atoms with Crippen LogP contribution >= 0.6 is 0 Å². The van der Waals surface area contributed by atoms with Crippen molar-refractivity contribution in [3.05, 3.63) is 41.8 Å². The van der Waals surface area contributed by atoms with Crippen LogP contribution in [0.25, 0.3) is 5.69 Å². The third kappa shape index (κ3) is 3.99. The first-order chi connectivity index (χ1) is 11.9. The van der Waals surface area contributed by atoms with E-state index in [1.54, 1.807) is 29.9 Å². The van der Waals surface area contributed by atoms with Crippen LogP contribution in [0.2, 0.25) is 0 Å². The number of halogens is 1. The summed E-state index contributed by atoms with van der Waals surface area (Å²) in [5.74, 6) is 0.102. The molecule has 1 saturated carbocycles. The van der Waals surface area contributed by atoms with Gasteiger partial charge in [0.2, 0.25) is 0 Å². The Bertz CT molecular complexity index is 751. The number of benzene rings is 1. The van der Waals surface area contributed by atoms with Gasteiger partial charge in [0.25, 0.3) is 0 Å². The average molecular weight is 346 g/mol. The molecule has 2 aromatic rings. The molecule has 0 spiro atoms. The normalized spacial score (nSPS) is 16.0. The van der Waals surface area contributed by atoms with E-state index in [-0.39, 0.29) is 11.8 Å². The Hall–Kier alpha value is -2.41. The quantitative estimate of drug-likeness (QED) is 0.894. The number of aromatic nitrogens is 2. The molecule has 2 amide bonds. The first-order valence-electron chi connectivity index (χ1n) is 8.43. The van der Waals surface area contributed by atoms with E-state index in [0.29, 0.717) is 18.1 Å². The van der Waals surface area contributed by atoms with Crippen LogP contribution in [0.4, 0.5) is 15.0 Å². The smallest absolute Gasteiger partial charge is 0.322 e. The highest BCUT2D eigenvalue weighted by Crippen LogP contribution is 2.30. The van der Waals surface area contributed by atoms with Gasteiger partial charge >= 0.3 is 6.03 Å². The fourth-order valence-electron chi connectivity index (χ4n) is 3.29. The van der Waals surface area contributed by atoms with E-state index in [9.17, 15) is 14.3 Å². The minimum Gasteiger partial charge on any atom is -0.388 e.